The summed E-state index contributed by atoms with van der Waals surface area (Å²) in [7, 11) is -2.96. The fourth-order valence-corrected chi connectivity index (χ4v) is 4.61. The first-order valence-electron chi connectivity index (χ1n) is 9.00. The maximum Gasteiger partial charge on any atom is 0.341 e. The van der Waals surface area contributed by atoms with Crippen LogP contribution in [0.4, 0.5) is 14.5 Å². The van der Waals surface area contributed by atoms with Gasteiger partial charge < -0.3 is 5.32 Å². The predicted molar refractivity (Wildman–Crippen MR) is 114 cm³/mol. The van der Waals surface area contributed by atoms with Crippen molar-refractivity contribution in [2.24, 2.45) is 7.05 Å². The Balaban J connectivity index is 1.72. The van der Waals surface area contributed by atoms with Gasteiger partial charge in [-0.1, -0.05) is 6.07 Å². The highest BCUT2D eigenvalue weighted by Crippen LogP contribution is 2.30. The predicted octanol–water partition coefficient (Wildman–Crippen LogP) is 4.25. The van der Waals surface area contributed by atoms with Crippen LogP contribution in [-0.2, 0) is 16.9 Å². The molecule has 1 N–H and O–H groups in total. The smallest absolute Gasteiger partial charge is 0.322 e. The molecule has 0 radical (unpaired) electrons. The third-order valence-corrected chi connectivity index (χ3v) is 6.95. The molecule has 7 nitrogen and oxygen atoms in total. The third-order valence-electron chi connectivity index (χ3n) is 4.66. The number of carbonyl (C=O) groups excluding carboxylic acids is 1. The van der Waals surface area contributed by atoms with Crippen LogP contribution in [0.3, 0.4) is 0 Å². The number of sulfone groups is 1. The largest absolute Gasteiger partial charge is 0.341 e. The lowest BCUT2D eigenvalue weighted by atomic mass is 10.1. The number of halogens is 2. The van der Waals surface area contributed by atoms with Crippen molar-refractivity contribution in [2.75, 3.05) is 5.32 Å². The molecule has 0 spiro atoms. The number of aryl methyl sites for hydroxylation is 2. The second-order valence-corrected chi connectivity index (χ2v) is 9.59. The SMILES string of the molecule is Cc1nn(C)c2nc(-c3cccs3)cc(C(=O)Nc3ccc(S(=O)(=O)C(F)F)cc3)c12. The normalized spacial score (nSPS) is 11.9. The number of amides is 1. The van der Waals surface area contributed by atoms with Gasteiger partial charge in [0.25, 0.3) is 5.91 Å². The van der Waals surface area contributed by atoms with Crippen molar-refractivity contribution in [3.63, 3.8) is 0 Å². The van der Waals surface area contributed by atoms with Crippen molar-refractivity contribution < 1.29 is 22.0 Å². The molecule has 0 saturated heterocycles. The van der Waals surface area contributed by atoms with Gasteiger partial charge in [-0.2, -0.15) is 13.9 Å². The van der Waals surface area contributed by atoms with Gasteiger partial charge in [0, 0.05) is 12.7 Å². The molecule has 0 fully saturated rings. The lowest BCUT2D eigenvalue weighted by Crippen LogP contribution is -2.14. The van der Waals surface area contributed by atoms with Gasteiger partial charge in [-0.3, -0.25) is 9.48 Å². The summed E-state index contributed by atoms with van der Waals surface area (Å²) in [5.41, 5.74) is 2.41. The number of pyridine rings is 1. The molecule has 160 valence electrons. The number of anilines is 1. The molecule has 1 aromatic carbocycles. The van der Waals surface area contributed by atoms with Crippen molar-refractivity contribution in [1.82, 2.24) is 14.8 Å². The van der Waals surface area contributed by atoms with Gasteiger partial charge in [-0.15, -0.1) is 11.3 Å². The fraction of sp³-hybridized carbons (Fsp3) is 0.150. The topological polar surface area (TPSA) is 93.9 Å². The molecule has 0 aliphatic heterocycles. The van der Waals surface area contributed by atoms with Crippen molar-refractivity contribution in [2.45, 2.75) is 17.6 Å². The molecule has 0 saturated carbocycles. The number of fused-ring (bicyclic) bond motifs is 1. The maximum atomic E-state index is 13.1. The van der Waals surface area contributed by atoms with Crippen molar-refractivity contribution >= 4 is 43.8 Å². The Morgan fingerprint density at radius 1 is 1.19 bits per heavy atom. The van der Waals surface area contributed by atoms with E-state index in [-0.39, 0.29) is 5.69 Å². The molecule has 3 heterocycles. The van der Waals surface area contributed by atoms with E-state index in [9.17, 15) is 22.0 Å². The number of rotatable bonds is 5. The van der Waals surface area contributed by atoms with Crippen molar-refractivity contribution in [3.05, 3.63) is 59.1 Å². The molecule has 31 heavy (non-hydrogen) atoms. The van der Waals surface area contributed by atoms with Gasteiger partial charge in [-0.05, 0) is 48.7 Å². The van der Waals surface area contributed by atoms with Crippen molar-refractivity contribution in [1.29, 1.82) is 0 Å². The Bertz CT molecular complexity index is 1380. The number of benzene rings is 1. The van der Waals surface area contributed by atoms with Crippen LogP contribution in [0.2, 0.25) is 0 Å². The first kappa shape index (κ1) is 21.1. The van der Waals surface area contributed by atoms with Crippen LogP contribution in [0.1, 0.15) is 16.1 Å². The quantitative estimate of drug-likeness (QED) is 0.478. The number of hydrogen-bond acceptors (Lipinski definition) is 6. The van der Waals surface area contributed by atoms with Crippen LogP contribution in [-0.4, -0.2) is 34.8 Å². The molecule has 0 aliphatic carbocycles. The van der Waals surface area contributed by atoms with Crippen LogP contribution < -0.4 is 5.32 Å². The number of nitrogens with zero attached hydrogens (tertiary/aromatic N) is 3. The standard InChI is InChI=1S/C20H16F2N4O3S2/c1-11-17-14(10-15(16-4-3-9-30-16)24-18(17)26(2)25-11)19(27)23-12-5-7-13(8-6-12)31(28,29)20(21)22/h3-10,20H,1-2H3,(H,23,27). The van der Waals surface area contributed by atoms with E-state index in [1.807, 2.05) is 17.5 Å². The van der Waals surface area contributed by atoms with E-state index in [0.717, 1.165) is 17.0 Å². The van der Waals surface area contributed by atoms with Gasteiger partial charge in [0.1, 0.15) is 0 Å². The number of hydrogen-bond donors (Lipinski definition) is 1. The van der Waals surface area contributed by atoms with Gasteiger partial charge >= 0.3 is 5.76 Å². The Hall–Kier alpha value is -3.18. The van der Waals surface area contributed by atoms with Gasteiger partial charge in [0.05, 0.1) is 32.1 Å². The highest BCUT2D eigenvalue weighted by atomic mass is 32.2. The van der Waals surface area contributed by atoms with E-state index in [1.165, 1.54) is 23.5 Å². The minimum atomic E-state index is -4.70. The molecule has 0 unspecified atom stereocenters. The lowest BCUT2D eigenvalue weighted by Gasteiger charge is -2.10. The highest BCUT2D eigenvalue weighted by molar-refractivity contribution is 7.91. The number of nitrogens with one attached hydrogen (secondary N) is 1. The zero-order valence-electron chi connectivity index (χ0n) is 16.3. The molecule has 0 bridgehead atoms. The Labute approximate surface area is 180 Å². The molecule has 11 heteroatoms. The third kappa shape index (κ3) is 3.81. The minimum absolute atomic E-state index is 0.266. The second-order valence-electron chi connectivity index (χ2n) is 6.72. The van der Waals surface area contributed by atoms with E-state index < -0.39 is 26.4 Å². The molecule has 4 aromatic rings. The Kier molecular flexibility index (Phi) is 5.31. The van der Waals surface area contributed by atoms with E-state index >= 15 is 0 Å². The van der Waals surface area contributed by atoms with E-state index in [0.29, 0.717) is 28.0 Å². The summed E-state index contributed by atoms with van der Waals surface area (Å²) in [6.07, 6.45) is 0. The molecular weight excluding hydrogens is 446 g/mol. The molecule has 0 atom stereocenters. The first-order valence-corrected chi connectivity index (χ1v) is 11.4. The van der Waals surface area contributed by atoms with E-state index in [1.54, 1.807) is 24.7 Å². The van der Waals surface area contributed by atoms with Crippen LogP contribution in [0.5, 0.6) is 0 Å². The molecular formula is C20H16F2N4O3S2. The number of carbonyl (C=O) groups is 1. The van der Waals surface area contributed by atoms with Crippen LogP contribution in [0.25, 0.3) is 21.6 Å². The summed E-state index contributed by atoms with van der Waals surface area (Å²) >= 11 is 1.49. The Morgan fingerprint density at radius 2 is 1.90 bits per heavy atom. The average Bonchev–Trinajstić information content (AvgIpc) is 3.36. The van der Waals surface area contributed by atoms with Gasteiger partial charge in [0.2, 0.25) is 9.84 Å². The monoisotopic (exact) mass is 462 g/mol. The van der Waals surface area contributed by atoms with Crippen LogP contribution in [0.15, 0.2) is 52.7 Å². The summed E-state index contributed by atoms with van der Waals surface area (Å²) in [5.74, 6) is -3.96. The zero-order valence-corrected chi connectivity index (χ0v) is 18.0. The maximum absolute atomic E-state index is 13.1. The summed E-state index contributed by atoms with van der Waals surface area (Å²) in [6.45, 7) is 1.77. The number of aromatic nitrogens is 3. The molecule has 4 rings (SSSR count). The number of thiophene rings is 1. The fourth-order valence-electron chi connectivity index (χ4n) is 3.20. The summed E-state index contributed by atoms with van der Waals surface area (Å²) in [5, 5.41) is 9.54. The highest BCUT2D eigenvalue weighted by Gasteiger charge is 2.26. The minimum Gasteiger partial charge on any atom is -0.322 e. The molecule has 1 amide bonds. The van der Waals surface area contributed by atoms with Crippen molar-refractivity contribution in [3.8, 4) is 10.6 Å². The van der Waals surface area contributed by atoms with Gasteiger partial charge in [0.15, 0.2) is 5.65 Å². The first-order chi connectivity index (χ1) is 14.7. The second kappa shape index (κ2) is 7.82. The van der Waals surface area contributed by atoms with Crippen LogP contribution in [0, 0.1) is 6.92 Å². The number of alkyl halides is 2. The molecule has 0 aliphatic rings. The van der Waals surface area contributed by atoms with Crippen LogP contribution >= 0.6 is 11.3 Å². The van der Waals surface area contributed by atoms with Gasteiger partial charge in [-0.25, -0.2) is 13.4 Å². The lowest BCUT2D eigenvalue weighted by molar-refractivity contribution is 0.102. The Morgan fingerprint density at radius 3 is 2.52 bits per heavy atom. The summed E-state index contributed by atoms with van der Waals surface area (Å²) < 4.78 is 50.1. The zero-order chi connectivity index (χ0) is 22.3. The summed E-state index contributed by atoms with van der Waals surface area (Å²) in [4.78, 5) is 18.1. The molecule has 3 aromatic heterocycles. The van der Waals surface area contributed by atoms with E-state index in [4.69, 9.17) is 0 Å². The average molecular weight is 463 g/mol. The summed E-state index contributed by atoms with van der Waals surface area (Å²) in [6, 6.07) is 10.1. The van der Waals surface area contributed by atoms with E-state index in [2.05, 4.69) is 15.4 Å².